The maximum atomic E-state index is 12.0. The Morgan fingerprint density at radius 2 is 2.12 bits per heavy atom. The van der Waals surface area contributed by atoms with Gasteiger partial charge in [0, 0.05) is 24.1 Å². The van der Waals surface area contributed by atoms with Crippen LogP contribution < -0.4 is 15.2 Å². The first-order chi connectivity index (χ1) is 7.46. The molecule has 1 atom stereocenters. The Labute approximate surface area is 89.9 Å². The highest BCUT2D eigenvalue weighted by atomic mass is 19.4. The minimum atomic E-state index is -4.69. The van der Waals surface area contributed by atoms with Crippen LogP contribution >= 0.6 is 0 Å². The van der Waals surface area contributed by atoms with Gasteiger partial charge in [0.05, 0.1) is 6.61 Å². The Morgan fingerprint density at radius 1 is 1.38 bits per heavy atom. The Bertz CT molecular complexity index is 392. The maximum Gasteiger partial charge on any atom is 0.573 e. The van der Waals surface area contributed by atoms with E-state index in [2.05, 4.69) is 4.74 Å². The highest BCUT2D eigenvalue weighted by molar-refractivity contribution is 5.43. The van der Waals surface area contributed by atoms with Gasteiger partial charge < -0.3 is 15.2 Å². The molecule has 2 rings (SSSR count). The van der Waals surface area contributed by atoms with Gasteiger partial charge >= 0.3 is 6.36 Å². The second-order valence-corrected chi connectivity index (χ2v) is 3.49. The van der Waals surface area contributed by atoms with Crippen molar-refractivity contribution in [1.29, 1.82) is 0 Å². The van der Waals surface area contributed by atoms with Crippen LogP contribution in [-0.4, -0.2) is 13.0 Å². The molecule has 0 saturated heterocycles. The second kappa shape index (κ2) is 3.86. The SMILES string of the molecule is NC1CCOc2cc(OC(F)(F)F)ccc21. The summed E-state index contributed by atoms with van der Waals surface area (Å²) in [6.07, 6.45) is -4.03. The molecule has 0 fully saturated rings. The van der Waals surface area contributed by atoms with E-state index in [0.29, 0.717) is 24.3 Å². The van der Waals surface area contributed by atoms with Gasteiger partial charge in [-0.15, -0.1) is 13.2 Å². The highest BCUT2D eigenvalue weighted by Crippen LogP contribution is 2.35. The summed E-state index contributed by atoms with van der Waals surface area (Å²) >= 11 is 0. The molecule has 88 valence electrons. The zero-order valence-corrected chi connectivity index (χ0v) is 8.25. The third-order valence-electron chi connectivity index (χ3n) is 2.30. The van der Waals surface area contributed by atoms with Crippen molar-refractivity contribution in [3.05, 3.63) is 23.8 Å². The van der Waals surface area contributed by atoms with Crippen molar-refractivity contribution in [3.63, 3.8) is 0 Å². The van der Waals surface area contributed by atoms with Crippen LogP contribution in [0, 0.1) is 0 Å². The Balaban J connectivity index is 2.25. The average molecular weight is 233 g/mol. The number of hydrogen-bond donors (Lipinski definition) is 1. The van der Waals surface area contributed by atoms with Crippen LogP contribution in [0.1, 0.15) is 18.0 Å². The first-order valence-electron chi connectivity index (χ1n) is 4.74. The van der Waals surface area contributed by atoms with Gasteiger partial charge in [-0.2, -0.15) is 0 Å². The van der Waals surface area contributed by atoms with Crippen molar-refractivity contribution >= 4 is 0 Å². The average Bonchev–Trinajstić information content (AvgIpc) is 2.15. The lowest BCUT2D eigenvalue weighted by atomic mass is 10.0. The topological polar surface area (TPSA) is 44.5 Å². The Kier molecular flexibility index (Phi) is 2.67. The fourth-order valence-electron chi connectivity index (χ4n) is 1.59. The van der Waals surface area contributed by atoms with Crippen molar-refractivity contribution in [3.8, 4) is 11.5 Å². The molecule has 1 aromatic rings. The number of nitrogens with two attached hydrogens (primary N) is 1. The predicted molar refractivity (Wildman–Crippen MR) is 50.2 cm³/mol. The highest BCUT2D eigenvalue weighted by Gasteiger charge is 2.31. The molecule has 0 bridgehead atoms. The first-order valence-corrected chi connectivity index (χ1v) is 4.74. The molecule has 0 radical (unpaired) electrons. The smallest absolute Gasteiger partial charge is 0.493 e. The molecule has 0 saturated carbocycles. The Morgan fingerprint density at radius 3 is 2.81 bits per heavy atom. The third kappa shape index (κ3) is 2.38. The van der Waals surface area contributed by atoms with Crippen LogP contribution in [-0.2, 0) is 0 Å². The standard InChI is InChI=1S/C10H10F3NO2/c11-10(12,13)16-6-1-2-7-8(14)3-4-15-9(7)5-6/h1-2,5,8H,3-4,14H2. The number of ether oxygens (including phenoxy) is 2. The second-order valence-electron chi connectivity index (χ2n) is 3.49. The summed E-state index contributed by atoms with van der Waals surface area (Å²) in [5.41, 5.74) is 6.49. The van der Waals surface area contributed by atoms with E-state index in [1.165, 1.54) is 18.2 Å². The Hall–Kier alpha value is -1.43. The molecule has 1 aliphatic heterocycles. The molecule has 16 heavy (non-hydrogen) atoms. The summed E-state index contributed by atoms with van der Waals surface area (Å²) in [5.74, 6) is 0.0702. The molecule has 0 aliphatic carbocycles. The number of fused-ring (bicyclic) bond motifs is 1. The van der Waals surface area contributed by atoms with Crippen molar-refractivity contribution < 1.29 is 22.6 Å². The summed E-state index contributed by atoms with van der Waals surface area (Å²) in [5, 5.41) is 0. The van der Waals surface area contributed by atoms with Gasteiger partial charge in [-0.25, -0.2) is 0 Å². The molecule has 6 heteroatoms. The van der Waals surface area contributed by atoms with Crippen LogP contribution in [0.25, 0.3) is 0 Å². The first kappa shape index (κ1) is 11.1. The molecule has 0 aromatic heterocycles. The number of alkyl halides is 3. The zero-order valence-electron chi connectivity index (χ0n) is 8.25. The molecule has 1 heterocycles. The summed E-state index contributed by atoms with van der Waals surface area (Å²) in [6, 6.07) is 3.76. The van der Waals surface area contributed by atoms with Crippen molar-refractivity contribution in [1.82, 2.24) is 0 Å². The molecular weight excluding hydrogens is 223 g/mol. The van der Waals surface area contributed by atoms with Crippen LogP contribution in [0.4, 0.5) is 13.2 Å². The number of hydrogen-bond acceptors (Lipinski definition) is 3. The van der Waals surface area contributed by atoms with E-state index in [0.717, 1.165) is 0 Å². The molecule has 0 spiro atoms. The fraction of sp³-hybridized carbons (Fsp3) is 0.400. The molecule has 3 nitrogen and oxygen atoms in total. The molecule has 0 amide bonds. The minimum Gasteiger partial charge on any atom is -0.493 e. The van der Waals surface area contributed by atoms with Gasteiger partial charge in [0.25, 0.3) is 0 Å². The van der Waals surface area contributed by atoms with E-state index in [1.54, 1.807) is 0 Å². The van der Waals surface area contributed by atoms with E-state index in [9.17, 15) is 13.2 Å². The lowest BCUT2D eigenvalue weighted by Crippen LogP contribution is -2.21. The van der Waals surface area contributed by atoms with Crippen molar-refractivity contribution in [2.75, 3.05) is 6.61 Å². The number of halogens is 3. The van der Waals surface area contributed by atoms with Crippen LogP contribution in [0.2, 0.25) is 0 Å². The van der Waals surface area contributed by atoms with Gasteiger partial charge in [0.15, 0.2) is 0 Å². The van der Waals surface area contributed by atoms with Gasteiger partial charge in [0.2, 0.25) is 0 Å². The number of rotatable bonds is 1. The summed E-state index contributed by atoms with van der Waals surface area (Å²) in [6.45, 7) is 0.406. The fourth-order valence-corrected chi connectivity index (χ4v) is 1.59. The minimum absolute atomic E-state index is 0.191. The van der Waals surface area contributed by atoms with Gasteiger partial charge in [-0.1, -0.05) is 6.07 Å². The van der Waals surface area contributed by atoms with Gasteiger partial charge in [0.1, 0.15) is 11.5 Å². The summed E-state index contributed by atoms with van der Waals surface area (Å²) in [7, 11) is 0. The van der Waals surface area contributed by atoms with Gasteiger partial charge in [-0.05, 0) is 6.07 Å². The normalized spacial score (nSPS) is 19.9. The van der Waals surface area contributed by atoms with E-state index in [-0.39, 0.29) is 11.8 Å². The zero-order chi connectivity index (χ0) is 11.8. The largest absolute Gasteiger partial charge is 0.573 e. The van der Waals surface area contributed by atoms with E-state index >= 15 is 0 Å². The van der Waals surface area contributed by atoms with Crippen LogP contribution in [0.3, 0.4) is 0 Å². The van der Waals surface area contributed by atoms with E-state index in [1.807, 2.05) is 0 Å². The summed E-state index contributed by atoms with van der Waals surface area (Å²) in [4.78, 5) is 0. The summed E-state index contributed by atoms with van der Waals surface area (Å²) < 4.78 is 44.9. The molecule has 1 aromatic carbocycles. The lowest BCUT2D eigenvalue weighted by Gasteiger charge is -2.23. The maximum absolute atomic E-state index is 12.0. The molecule has 1 unspecified atom stereocenters. The van der Waals surface area contributed by atoms with E-state index in [4.69, 9.17) is 10.5 Å². The van der Waals surface area contributed by atoms with Gasteiger partial charge in [-0.3, -0.25) is 0 Å². The predicted octanol–water partition coefficient (Wildman–Crippen LogP) is 2.37. The van der Waals surface area contributed by atoms with E-state index < -0.39 is 6.36 Å². The third-order valence-corrected chi connectivity index (χ3v) is 2.30. The lowest BCUT2D eigenvalue weighted by molar-refractivity contribution is -0.274. The molecular formula is C10H10F3NO2. The molecule has 2 N–H and O–H groups in total. The number of benzene rings is 1. The quantitative estimate of drug-likeness (QED) is 0.809. The van der Waals surface area contributed by atoms with Crippen LogP contribution in [0.5, 0.6) is 11.5 Å². The van der Waals surface area contributed by atoms with Crippen LogP contribution in [0.15, 0.2) is 18.2 Å². The van der Waals surface area contributed by atoms with Crippen molar-refractivity contribution in [2.24, 2.45) is 5.73 Å². The monoisotopic (exact) mass is 233 g/mol. The molecule has 1 aliphatic rings. The van der Waals surface area contributed by atoms with Crippen molar-refractivity contribution in [2.45, 2.75) is 18.8 Å².